The first-order chi connectivity index (χ1) is 9.15. The first-order valence-corrected chi connectivity index (χ1v) is 6.41. The molecule has 0 spiro atoms. The lowest BCUT2D eigenvalue weighted by Crippen LogP contribution is -1.89. The number of halogens is 3. The Morgan fingerprint density at radius 2 is 1.63 bits per heavy atom. The van der Waals surface area contributed by atoms with Crippen molar-refractivity contribution in [3.63, 3.8) is 0 Å². The van der Waals surface area contributed by atoms with Crippen LogP contribution in [0.3, 0.4) is 0 Å². The SMILES string of the molecule is Fc1cc(Cl)c2nc(-c3ccccc3)cc(Cl)c2c1. The largest absolute Gasteiger partial charge is 0.246 e. The second-order valence-electron chi connectivity index (χ2n) is 4.14. The maximum atomic E-state index is 13.3. The number of pyridine rings is 1. The lowest BCUT2D eigenvalue weighted by molar-refractivity contribution is 0.629. The summed E-state index contributed by atoms with van der Waals surface area (Å²) >= 11 is 12.2. The minimum absolute atomic E-state index is 0.259. The molecule has 1 aromatic heterocycles. The van der Waals surface area contributed by atoms with Crippen molar-refractivity contribution in [1.82, 2.24) is 4.98 Å². The van der Waals surface area contributed by atoms with Crippen LogP contribution < -0.4 is 0 Å². The second-order valence-corrected chi connectivity index (χ2v) is 4.95. The lowest BCUT2D eigenvalue weighted by Gasteiger charge is -2.07. The molecule has 19 heavy (non-hydrogen) atoms. The van der Waals surface area contributed by atoms with Gasteiger partial charge in [0.1, 0.15) is 5.82 Å². The molecular weight excluding hydrogens is 284 g/mol. The van der Waals surface area contributed by atoms with E-state index in [2.05, 4.69) is 4.98 Å². The highest BCUT2D eigenvalue weighted by atomic mass is 35.5. The highest BCUT2D eigenvalue weighted by molar-refractivity contribution is 6.39. The minimum Gasteiger partial charge on any atom is -0.246 e. The summed E-state index contributed by atoms with van der Waals surface area (Å²) in [4.78, 5) is 4.46. The Hall–Kier alpha value is -1.64. The van der Waals surface area contributed by atoms with Gasteiger partial charge in [0.2, 0.25) is 0 Å². The number of hydrogen-bond donors (Lipinski definition) is 0. The van der Waals surface area contributed by atoms with E-state index in [0.29, 0.717) is 21.6 Å². The van der Waals surface area contributed by atoms with Gasteiger partial charge in [-0.3, -0.25) is 0 Å². The van der Waals surface area contributed by atoms with E-state index >= 15 is 0 Å². The molecule has 94 valence electrons. The van der Waals surface area contributed by atoms with Crippen LogP contribution in [0.2, 0.25) is 10.0 Å². The fraction of sp³-hybridized carbons (Fsp3) is 0. The molecule has 0 aliphatic rings. The van der Waals surface area contributed by atoms with E-state index < -0.39 is 5.82 Å². The summed E-state index contributed by atoms with van der Waals surface area (Å²) in [6.07, 6.45) is 0. The van der Waals surface area contributed by atoms with Gasteiger partial charge in [-0.25, -0.2) is 9.37 Å². The number of fused-ring (bicyclic) bond motifs is 1. The summed E-state index contributed by atoms with van der Waals surface area (Å²) in [5.41, 5.74) is 2.16. The molecule has 0 N–H and O–H groups in total. The fourth-order valence-corrected chi connectivity index (χ4v) is 2.46. The summed E-state index contributed by atoms with van der Waals surface area (Å²) in [6.45, 7) is 0. The van der Waals surface area contributed by atoms with Gasteiger partial charge in [-0.05, 0) is 18.2 Å². The average Bonchev–Trinajstić information content (AvgIpc) is 2.41. The Bertz CT molecular complexity index is 757. The van der Waals surface area contributed by atoms with Gasteiger partial charge in [0.05, 0.1) is 21.3 Å². The Labute approximate surface area is 119 Å². The van der Waals surface area contributed by atoms with Crippen LogP contribution in [0.25, 0.3) is 22.2 Å². The first-order valence-electron chi connectivity index (χ1n) is 5.66. The molecule has 0 bridgehead atoms. The van der Waals surface area contributed by atoms with Crippen LogP contribution in [0.15, 0.2) is 48.5 Å². The molecule has 0 atom stereocenters. The molecule has 0 saturated heterocycles. The highest BCUT2D eigenvalue weighted by Gasteiger charge is 2.10. The summed E-state index contributed by atoms with van der Waals surface area (Å²) in [7, 11) is 0. The predicted molar refractivity (Wildman–Crippen MR) is 77.2 cm³/mol. The number of benzene rings is 2. The molecule has 4 heteroatoms. The van der Waals surface area contributed by atoms with Crippen LogP contribution in [-0.4, -0.2) is 4.98 Å². The Morgan fingerprint density at radius 3 is 2.37 bits per heavy atom. The molecule has 0 amide bonds. The third-order valence-corrected chi connectivity index (χ3v) is 3.45. The molecule has 0 unspecified atom stereocenters. The minimum atomic E-state index is -0.423. The Morgan fingerprint density at radius 1 is 0.895 bits per heavy atom. The zero-order valence-corrected chi connectivity index (χ0v) is 11.2. The molecule has 0 fully saturated rings. The molecule has 1 heterocycles. The van der Waals surface area contributed by atoms with Gasteiger partial charge in [0, 0.05) is 10.9 Å². The van der Waals surface area contributed by atoms with Crippen molar-refractivity contribution < 1.29 is 4.39 Å². The van der Waals surface area contributed by atoms with E-state index in [-0.39, 0.29) is 5.02 Å². The maximum absolute atomic E-state index is 13.3. The van der Waals surface area contributed by atoms with Crippen LogP contribution in [0.5, 0.6) is 0 Å². The van der Waals surface area contributed by atoms with Gasteiger partial charge in [0.15, 0.2) is 0 Å². The van der Waals surface area contributed by atoms with Gasteiger partial charge >= 0.3 is 0 Å². The van der Waals surface area contributed by atoms with E-state index in [1.54, 1.807) is 6.07 Å². The Kier molecular flexibility index (Phi) is 3.13. The number of hydrogen-bond acceptors (Lipinski definition) is 1. The van der Waals surface area contributed by atoms with Crippen molar-refractivity contribution in [2.45, 2.75) is 0 Å². The van der Waals surface area contributed by atoms with Crippen LogP contribution in [-0.2, 0) is 0 Å². The standard InChI is InChI=1S/C15H8Cl2FN/c16-12-8-14(9-4-2-1-3-5-9)19-15-11(12)6-10(18)7-13(15)17/h1-8H. The zero-order chi connectivity index (χ0) is 13.4. The average molecular weight is 292 g/mol. The quantitative estimate of drug-likeness (QED) is 0.589. The van der Waals surface area contributed by atoms with Crippen LogP contribution in [0.4, 0.5) is 4.39 Å². The molecule has 0 aliphatic carbocycles. The van der Waals surface area contributed by atoms with Gasteiger partial charge in [-0.1, -0.05) is 53.5 Å². The molecule has 1 nitrogen and oxygen atoms in total. The Balaban J connectivity index is 2.31. The maximum Gasteiger partial charge on any atom is 0.125 e. The zero-order valence-electron chi connectivity index (χ0n) is 9.70. The van der Waals surface area contributed by atoms with Gasteiger partial charge < -0.3 is 0 Å². The topological polar surface area (TPSA) is 12.9 Å². The molecular formula is C15H8Cl2FN. The molecule has 2 aromatic carbocycles. The molecule has 0 radical (unpaired) electrons. The van der Waals surface area contributed by atoms with Crippen molar-refractivity contribution in [2.24, 2.45) is 0 Å². The number of aromatic nitrogens is 1. The molecule has 3 aromatic rings. The predicted octanol–water partition coefficient (Wildman–Crippen LogP) is 5.35. The lowest BCUT2D eigenvalue weighted by atomic mass is 10.1. The summed E-state index contributed by atoms with van der Waals surface area (Å²) in [5, 5.41) is 1.21. The van der Waals surface area contributed by atoms with Crippen molar-refractivity contribution in [3.05, 3.63) is 64.4 Å². The van der Waals surface area contributed by atoms with E-state index in [0.717, 1.165) is 5.56 Å². The second kappa shape index (κ2) is 4.80. The summed E-state index contributed by atoms with van der Waals surface area (Å²) in [5.74, 6) is -0.423. The van der Waals surface area contributed by atoms with Crippen molar-refractivity contribution in [1.29, 1.82) is 0 Å². The smallest absolute Gasteiger partial charge is 0.125 e. The van der Waals surface area contributed by atoms with E-state index in [1.807, 2.05) is 30.3 Å². The van der Waals surface area contributed by atoms with E-state index in [4.69, 9.17) is 23.2 Å². The molecule has 0 saturated carbocycles. The van der Waals surface area contributed by atoms with Crippen molar-refractivity contribution in [3.8, 4) is 11.3 Å². The van der Waals surface area contributed by atoms with Crippen LogP contribution in [0.1, 0.15) is 0 Å². The number of nitrogens with zero attached hydrogens (tertiary/aromatic N) is 1. The third kappa shape index (κ3) is 2.29. The van der Waals surface area contributed by atoms with E-state index in [9.17, 15) is 4.39 Å². The highest BCUT2D eigenvalue weighted by Crippen LogP contribution is 2.32. The van der Waals surface area contributed by atoms with Gasteiger partial charge in [-0.2, -0.15) is 0 Å². The summed E-state index contributed by atoms with van der Waals surface area (Å²) in [6, 6.07) is 13.9. The molecule has 0 aliphatic heterocycles. The fourth-order valence-electron chi connectivity index (χ4n) is 1.97. The first kappa shape index (κ1) is 12.4. The van der Waals surface area contributed by atoms with Gasteiger partial charge in [0.25, 0.3) is 0 Å². The number of rotatable bonds is 1. The normalized spacial score (nSPS) is 10.9. The van der Waals surface area contributed by atoms with E-state index in [1.165, 1.54) is 12.1 Å². The van der Waals surface area contributed by atoms with Crippen molar-refractivity contribution in [2.75, 3.05) is 0 Å². The molecule has 3 rings (SSSR count). The monoisotopic (exact) mass is 291 g/mol. The van der Waals surface area contributed by atoms with Gasteiger partial charge in [-0.15, -0.1) is 0 Å². The van der Waals surface area contributed by atoms with Crippen LogP contribution in [0, 0.1) is 5.82 Å². The van der Waals surface area contributed by atoms with Crippen molar-refractivity contribution >= 4 is 34.1 Å². The van der Waals surface area contributed by atoms with Crippen LogP contribution >= 0.6 is 23.2 Å². The summed E-state index contributed by atoms with van der Waals surface area (Å²) < 4.78 is 13.3. The third-order valence-electron chi connectivity index (χ3n) is 2.85.